The summed E-state index contributed by atoms with van der Waals surface area (Å²) < 4.78 is 5.32. The van der Waals surface area contributed by atoms with E-state index in [0.29, 0.717) is 0 Å². The van der Waals surface area contributed by atoms with Crippen LogP contribution in [-0.2, 0) is 0 Å². The fraction of sp³-hybridized carbons (Fsp3) is 0.500. The lowest BCUT2D eigenvalue weighted by molar-refractivity contribution is 0.243. The van der Waals surface area contributed by atoms with Gasteiger partial charge in [0.05, 0.1) is 15.2 Å². The molecule has 1 aliphatic rings. The van der Waals surface area contributed by atoms with Gasteiger partial charge in [0.15, 0.2) is 0 Å². The van der Waals surface area contributed by atoms with Crippen molar-refractivity contribution in [2.24, 2.45) is 0 Å². The van der Waals surface area contributed by atoms with Crippen LogP contribution < -0.4 is 20.1 Å². The topological polar surface area (TPSA) is 41.6 Å². The van der Waals surface area contributed by atoms with E-state index in [1.54, 1.807) is 7.11 Å². The molecule has 4 nitrogen and oxygen atoms in total. The highest BCUT2D eigenvalue weighted by molar-refractivity contribution is 6.89. The van der Waals surface area contributed by atoms with Gasteiger partial charge in [-0.1, -0.05) is 19.6 Å². The van der Waals surface area contributed by atoms with Gasteiger partial charge in [-0.15, -0.1) is 0 Å². The fourth-order valence-electron chi connectivity index (χ4n) is 2.34. The number of benzene rings is 1. The predicted molar refractivity (Wildman–Crippen MR) is 81.3 cm³/mol. The first kappa shape index (κ1) is 13.9. The molecule has 5 heteroatoms. The van der Waals surface area contributed by atoms with Gasteiger partial charge in [-0.2, -0.15) is 0 Å². The number of carbonyl (C=O) groups is 1. The number of ether oxygens (including phenoxy) is 1. The zero-order valence-electron chi connectivity index (χ0n) is 12.1. The van der Waals surface area contributed by atoms with Crippen molar-refractivity contribution in [2.45, 2.75) is 26.1 Å². The number of rotatable bonds is 3. The molecule has 0 atom stereocenters. The predicted octanol–water partition coefficient (Wildman–Crippen LogP) is 2.16. The van der Waals surface area contributed by atoms with Crippen LogP contribution in [0.25, 0.3) is 0 Å². The zero-order chi connectivity index (χ0) is 14.0. The Morgan fingerprint density at radius 2 is 2.05 bits per heavy atom. The molecule has 0 bridgehead atoms. The van der Waals surface area contributed by atoms with Crippen molar-refractivity contribution in [1.82, 2.24) is 5.32 Å². The summed E-state index contributed by atoms with van der Waals surface area (Å²) in [4.78, 5) is 13.9. The van der Waals surface area contributed by atoms with E-state index >= 15 is 0 Å². The summed E-state index contributed by atoms with van der Waals surface area (Å²) >= 11 is 0. The van der Waals surface area contributed by atoms with Crippen molar-refractivity contribution in [3.63, 3.8) is 0 Å². The standard InChI is InChI=1S/C14H22N2O2Si/c1-18-11-6-7-12(13(10-11)19(2,3)4)16-9-5-8-15-14(16)17/h6-7,10H,5,8-9H2,1-4H3,(H,15,17). The molecule has 1 heterocycles. The van der Waals surface area contributed by atoms with Crippen LogP contribution in [0.2, 0.25) is 19.6 Å². The lowest BCUT2D eigenvalue weighted by Crippen LogP contribution is -2.51. The average molecular weight is 278 g/mol. The molecular weight excluding hydrogens is 256 g/mol. The van der Waals surface area contributed by atoms with Crippen molar-refractivity contribution in [2.75, 3.05) is 25.1 Å². The first-order valence-electron chi connectivity index (χ1n) is 6.67. The maximum absolute atomic E-state index is 12.0. The first-order chi connectivity index (χ1) is 8.93. The molecule has 19 heavy (non-hydrogen) atoms. The minimum atomic E-state index is -1.54. The molecule has 2 rings (SSSR count). The quantitative estimate of drug-likeness (QED) is 0.861. The molecule has 0 radical (unpaired) electrons. The largest absolute Gasteiger partial charge is 0.497 e. The van der Waals surface area contributed by atoms with Gasteiger partial charge in [-0.25, -0.2) is 4.79 Å². The van der Waals surface area contributed by atoms with Gasteiger partial charge in [-0.05, 0) is 29.8 Å². The minimum Gasteiger partial charge on any atom is -0.497 e. The highest BCUT2D eigenvalue weighted by Crippen LogP contribution is 2.22. The van der Waals surface area contributed by atoms with E-state index < -0.39 is 8.07 Å². The van der Waals surface area contributed by atoms with Crippen LogP contribution in [0.3, 0.4) is 0 Å². The number of carbonyl (C=O) groups excluding carboxylic acids is 1. The summed E-state index contributed by atoms with van der Waals surface area (Å²) in [5, 5.41) is 4.18. The number of nitrogens with one attached hydrogen (secondary N) is 1. The highest BCUT2D eigenvalue weighted by Gasteiger charge is 2.27. The smallest absolute Gasteiger partial charge is 0.321 e. The molecule has 1 fully saturated rings. The molecule has 1 aromatic rings. The Morgan fingerprint density at radius 3 is 2.63 bits per heavy atom. The number of urea groups is 1. The van der Waals surface area contributed by atoms with Crippen LogP contribution in [0.1, 0.15) is 6.42 Å². The molecule has 2 amide bonds. The summed E-state index contributed by atoms with van der Waals surface area (Å²) in [6.07, 6.45) is 0.989. The summed E-state index contributed by atoms with van der Waals surface area (Å²) in [5.41, 5.74) is 1.04. The van der Waals surface area contributed by atoms with Crippen molar-refractivity contribution >= 4 is 25.0 Å². The second kappa shape index (κ2) is 5.25. The van der Waals surface area contributed by atoms with Gasteiger partial charge >= 0.3 is 6.03 Å². The van der Waals surface area contributed by atoms with Gasteiger partial charge in [0.25, 0.3) is 0 Å². The van der Waals surface area contributed by atoms with E-state index in [4.69, 9.17) is 4.74 Å². The number of hydrogen-bond acceptors (Lipinski definition) is 2. The SMILES string of the molecule is COc1ccc(N2CCCNC2=O)c([Si](C)(C)C)c1. The molecule has 0 saturated carbocycles. The molecule has 0 unspecified atom stereocenters. The van der Waals surface area contributed by atoms with E-state index in [1.165, 1.54) is 5.19 Å². The lowest BCUT2D eigenvalue weighted by Gasteiger charge is -2.32. The van der Waals surface area contributed by atoms with Gasteiger partial charge in [-0.3, -0.25) is 4.90 Å². The Balaban J connectivity index is 2.46. The molecule has 1 N–H and O–H groups in total. The van der Waals surface area contributed by atoms with Gasteiger partial charge in [0, 0.05) is 18.8 Å². The minimum absolute atomic E-state index is 0.0101. The van der Waals surface area contributed by atoms with Crippen LogP contribution in [-0.4, -0.2) is 34.3 Å². The van der Waals surface area contributed by atoms with Crippen LogP contribution >= 0.6 is 0 Å². The Labute approximate surface area is 115 Å². The Bertz CT molecular complexity index is 483. The monoisotopic (exact) mass is 278 g/mol. The summed E-state index contributed by atoms with van der Waals surface area (Å²) in [7, 11) is 0.136. The van der Waals surface area contributed by atoms with E-state index in [2.05, 4.69) is 31.0 Å². The van der Waals surface area contributed by atoms with E-state index in [1.807, 2.05) is 17.0 Å². The highest BCUT2D eigenvalue weighted by atomic mass is 28.3. The van der Waals surface area contributed by atoms with Gasteiger partial charge in [0.1, 0.15) is 5.75 Å². The number of hydrogen-bond donors (Lipinski definition) is 1. The maximum atomic E-state index is 12.0. The number of nitrogens with zero attached hydrogens (tertiary/aromatic N) is 1. The zero-order valence-corrected chi connectivity index (χ0v) is 13.1. The van der Waals surface area contributed by atoms with Crippen LogP contribution in [0.5, 0.6) is 5.75 Å². The number of methoxy groups -OCH3 is 1. The summed E-state index contributed by atoms with van der Waals surface area (Å²) in [5.74, 6) is 0.860. The molecular formula is C14H22N2O2Si. The lowest BCUT2D eigenvalue weighted by atomic mass is 10.2. The van der Waals surface area contributed by atoms with Crippen molar-refractivity contribution < 1.29 is 9.53 Å². The molecule has 104 valence electrons. The number of amides is 2. The molecule has 0 aliphatic carbocycles. The van der Waals surface area contributed by atoms with E-state index in [0.717, 1.165) is 30.9 Å². The Kier molecular flexibility index (Phi) is 3.85. The second-order valence-electron chi connectivity index (χ2n) is 5.87. The molecule has 1 aromatic carbocycles. The first-order valence-corrected chi connectivity index (χ1v) is 10.2. The molecule has 0 spiro atoms. The van der Waals surface area contributed by atoms with E-state index in [-0.39, 0.29) is 6.03 Å². The van der Waals surface area contributed by atoms with Crippen LogP contribution in [0, 0.1) is 0 Å². The Morgan fingerprint density at radius 1 is 1.32 bits per heavy atom. The fourth-order valence-corrected chi connectivity index (χ4v) is 3.90. The van der Waals surface area contributed by atoms with Crippen LogP contribution in [0.15, 0.2) is 18.2 Å². The third-order valence-electron chi connectivity index (χ3n) is 3.38. The normalized spacial score (nSPS) is 16.2. The van der Waals surface area contributed by atoms with Crippen molar-refractivity contribution in [3.05, 3.63) is 18.2 Å². The third-order valence-corrected chi connectivity index (χ3v) is 5.40. The average Bonchev–Trinajstić information content (AvgIpc) is 2.38. The Hall–Kier alpha value is -1.49. The van der Waals surface area contributed by atoms with Gasteiger partial charge < -0.3 is 10.1 Å². The molecule has 1 saturated heterocycles. The molecule has 0 aromatic heterocycles. The summed E-state index contributed by atoms with van der Waals surface area (Å²) in [6.45, 7) is 8.41. The third kappa shape index (κ3) is 2.92. The molecule has 1 aliphatic heterocycles. The van der Waals surface area contributed by atoms with Crippen LogP contribution in [0.4, 0.5) is 10.5 Å². The second-order valence-corrected chi connectivity index (χ2v) is 10.9. The van der Waals surface area contributed by atoms with Crippen molar-refractivity contribution in [3.8, 4) is 5.75 Å². The summed E-state index contributed by atoms with van der Waals surface area (Å²) in [6, 6.07) is 6.04. The number of anilines is 1. The maximum Gasteiger partial charge on any atom is 0.321 e. The van der Waals surface area contributed by atoms with E-state index in [9.17, 15) is 4.79 Å². The van der Waals surface area contributed by atoms with Gasteiger partial charge in [0.2, 0.25) is 0 Å². The van der Waals surface area contributed by atoms with Crippen molar-refractivity contribution in [1.29, 1.82) is 0 Å².